The van der Waals surface area contributed by atoms with Gasteiger partial charge in [-0.2, -0.15) is 0 Å². The number of unbranched alkanes of at least 4 members (excludes halogenated alkanes) is 1. The molecule has 23 heavy (non-hydrogen) atoms. The number of amides is 1. The molecule has 1 aromatic rings. The first-order valence-electron chi connectivity index (χ1n) is 8.92. The number of benzene rings is 1. The molecular weight excluding hydrogens is 288 g/mol. The first kappa shape index (κ1) is 17.8. The Morgan fingerprint density at radius 1 is 1.30 bits per heavy atom. The van der Waals surface area contributed by atoms with Crippen molar-refractivity contribution in [1.82, 2.24) is 10.6 Å². The zero-order chi connectivity index (χ0) is 16.5. The highest BCUT2D eigenvalue weighted by Gasteiger charge is 2.24. The Hall–Kier alpha value is -1.55. The SMILES string of the molecule is CCCCOC(=O)NC(CCNC1CC1)C(C)c1ccccc1. The average Bonchev–Trinajstić information content (AvgIpc) is 3.38. The minimum absolute atomic E-state index is 0.0813. The van der Waals surface area contributed by atoms with Crippen LogP contribution in [-0.2, 0) is 4.74 Å². The molecule has 2 N–H and O–H groups in total. The van der Waals surface area contributed by atoms with E-state index in [2.05, 4.69) is 36.6 Å². The third-order valence-corrected chi connectivity index (χ3v) is 4.43. The standard InChI is InChI=1S/C19H30N2O2/c1-3-4-14-23-19(22)21-18(12-13-20-17-10-11-17)15(2)16-8-6-5-7-9-16/h5-9,15,17-18,20H,3-4,10-14H2,1-2H3,(H,21,22). The van der Waals surface area contributed by atoms with E-state index >= 15 is 0 Å². The summed E-state index contributed by atoms with van der Waals surface area (Å²) < 4.78 is 5.27. The van der Waals surface area contributed by atoms with E-state index in [1.54, 1.807) is 0 Å². The first-order valence-corrected chi connectivity index (χ1v) is 8.92. The summed E-state index contributed by atoms with van der Waals surface area (Å²) in [4.78, 5) is 12.0. The Labute approximate surface area is 140 Å². The Bertz CT molecular complexity index is 460. The van der Waals surface area contributed by atoms with Crippen LogP contribution in [0.1, 0.15) is 57.4 Å². The number of rotatable bonds is 10. The molecule has 0 heterocycles. The van der Waals surface area contributed by atoms with Gasteiger partial charge in [0.05, 0.1) is 6.61 Å². The molecule has 0 aliphatic heterocycles. The third kappa shape index (κ3) is 6.61. The molecule has 0 spiro atoms. The van der Waals surface area contributed by atoms with Crippen molar-refractivity contribution in [2.24, 2.45) is 0 Å². The van der Waals surface area contributed by atoms with Crippen molar-refractivity contribution in [2.45, 2.75) is 64.0 Å². The molecule has 1 aromatic carbocycles. The molecule has 4 nitrogen and oxygen atoms in total. The van der Waals surface area contributed by atoms with E-state index in [1.807, 2.05) is 18.2 Å². The van der Waals surface area contributed by atoms with E-state index in [0.29, 0.717) is 12.6 Å². The molecule has 1 saturated carbocycles. The Kier molecular flexibility index (Phi) is 7.40. The van der Waals surface area contributed by atoms with Gasteiger partial charge in [-0.25, -0.2) is 4.79 Å². The highest BCUT2D eigenvalue weighted by molar-refractivity contribution is 5.67. The fourth-order valence-corrected chi connectivity index (χ4v) is 2.67. The van der Waals surface area contributed by atoms with Crippen LogP contribution in [0.4, 0.5) is 4.79 Å². The van der Waals surface area contributed by atoms with Crippen LogP contribution in [-0.4, -0.2) is 31.3 Å². The molecule has 0 bridgehead atoms. The molecule has 1 aliphatic rings. The van der Waals surface area contributed by atoms with Gasteiger partial charge in [-0.15, -0.1) is 0 Å². The molecule has 128 valence electrons. The largest absolute Gasteiger partial charge is 0.450 e. The lowest BCUT2D eigenvalue weighted by molar-refractivity contribution is 0.138. The monoisotopic (exact) mass is 318 g/mol. The van der Waals surface area contributed by atoms with E-state index in [-0.39, 0.29) is 18.1 Å². The summed E-state index contributed by atoms with van der Waals surface area (Å²) in [5, 5.41) is 6.59. The second kappa shape index (κ2) is 9.56. The van der Waals surface area contributed by atoms with Gasteiger partial charge < -0.3 is 15.4 Å². The molecule has 1 amide bonds. The lowest BCUT2D eigenvalue weighted by Crippen LogP contribution is -2.41. The molecule has 0 radical (unpaired) electrons. The third-order valence-electron chi connectivity index (χ3n) is 4.43. The van der Waals surface area contributed by atoms with Crippen molar-refractivity contribution < 1.29 is 9.53 Å². The molecular formula is C19H30N2O2. The summed E-state index contributed by atoms with van der Waals surface area (Å²) in [7, 11) is 0. The number of hydrogen-bond acceptors (Lipinski definition) is 3. The fraction of sp³-hybridized carbons (Fsp3) is 0.632. The van der Waals surface area contributed by atoms with Crippen LogP contribution < -0.4 is 10.6 Å². The van der Waals surface area contributed by atoms with Gasteiger partial charge in [0.25, 0.3) is 0 Å². The minimum Gasteiger partial charge on any atom is -0.450 e. The van der Waals surface area contributed by atoms with Gasteiger partial charge in [0.2, 0.25) is 0 Å². The van der Waals surface area contributed by atoms with Crippen molar-refractivity contribution in [3.05, 3.63) is 35.9 Å². The molecule has 0 saturated heterocycles. The van der Waals surface area contributed by atoms with E-state index in [1.165, 1.54) is 18.4 Å². The maximum atomic E-state index is 12.0. The smallest absolute Gasteiger partial charge is 0.407 e. The normalized spacial score (nSPS) is 16.6. The fourth-order valence-electron chi connectivity index (χ4n) is 2.67. The molecule has 4 heteroatoms. The Balaban J connectivity index is 1.88. The summed E-state index contributed by atoms with van der Waals surface area (Å²) in [5.41, 5.74) is 1.25. The molecule has 2 rings (SSSR count). The summed E-state index contributed by atoms with van der Waals surface area (Å²) in [6, 6.07) is 11.1. The summed E-state index contributed by atoms with van der Waals surface area (Å²) in [6.45, 7) is 5.69. The number of hydrogen-bond donors (Lipinski definition) is 2. The van der Waals surface area contributed by atoms with Crippen LogP contribution in [0, 0.1) is 0 Å². The van der Waals surface area contributed by atoms with Gasteiger partial charge in [-0.1, -0.05) is 50.6 Å². The Morgan fingerprint density at radius 2 is 2.04 bits per heavy atom. The maximum absolute atomic E-state index is 12.0. The molecule has 1 fully saturated rings. The molecule has 2 unspecified atom stereocenters. The number of ether oxygens (including phenoxy) is 1. The van der Waals surface area contributed by atoms with Crippen LogP contribution in [0.25, 0.3) is 0 Å². The van der Waals surface area contributed by atoms with E-state index in [4.69, 9.17) is 4.74 Å². The van der Waals surface area contributed by atoms with Crippen molar-refractivity contribution in [2.75, 3.05) is 13.2 Å². The van der Waals surface area contributed by atoms with Gasteiger partial charge >= 0.3 is 6.09 Å². The topological polar surface area (TPSA) is 50.4 Å². The van der Waals surface area contributed by atoms with Crippen LogP contribution in [0.15, 0.2) is 30.3 Å². The minimum atomic E-state index is -0.294. The quantitative estimate of drug-likeness (QED) is 0.645. The maximum Gasteiger partial charge on any atom is 0.407 e. The zero-order valence-corrected chi connectivity index (χ0v) is 14.4. The van der Waals surface area contributed by atoms with Crippen LogP contribution in [0.2, 0.25) is 0 Å². The average molecular weight is 318 g/mol. The number of alkyl carbamates (subject to hydrolysis) is 1. The van der Waals surface area contributed by atoms with Crippen molar-refractivity contribution in [3.63, 3.8) is 0 Å². The van der Waals surface area contributed by atoms with Crippen molar-refractivity contribution in [1.29, 1.82) is 0 Å². The van der Waals surface area contributed by atoms with Crippen LogP contribution >= 0.6 is 0 Å². The van der Waals surface area contributed by atoms with E-state index < -0.39 is 0 Å². The number of carbonyl (C=O) groups excluding carboxylic acids is 1. The first-order chi connectivity index (χ1) is 11.2. The van der Waals surface area contributed by atoms with Crippen molar-refractivity contribution >= 4 is 6.09 Å². The second-order valence-corrected chi connectivity index (χ2v) is 6.46. The number of carbonyl (C=O) groups is 1. The molecule has 2 atom stereocenters. The van der Waals surface area contributed by atoms with E-state index in [0.717, 1.165) is 25.8 Å². The Morgan fingerprint density at radius 3 is 2.70 bits per heavy atom. The lowest BCUT2D eigenvalue weighted by atomic mass is 9.91. The highest BCUT2D eigenvalue weighted by Crippen LogP contribution is 2.22. The number of nitrogens with one attached hydrogen (secondary N) is 2. The van der Waals surface area contributed by atoms with Gasteiger partial charge in [-0.3, -0.25) is 0 Å². The predicted molar refractivity (Wildman–Crippen MR) is 93.7 cm³/mol. The van der Waals surface area contributed by atoms with Gasteiger partial charge in [0.15, 0.2) is 0 Å². The zero-order valence-electron chi connectivity index (χ0n) is 14.4. The summed E-state index contributed by atoms with van der Waals surface area (Å²) >= 11 is 0. The van der Waals surface area contributed by atoms with Crippen molar-refractivity contribution in [3.8, 4) is 0 Å². The van der Waals surface area contributed by atoms with E-state index in [9.17, 15) is 4.79 Å². The van der Waals surface area contributed by atoms with Crippen LogP contribution in [0.3, 0.4) is 0 Å². The predicted octanol–water partition coefficient (Wildman–Crippen LogP) is 3.83. The lowest BCUT2D eigenvalue weighted by Gasteiger charge is -2.25. The molecule has 0 aromatic heterocycles. The highest BCUT2D eigenvalue weighted by atomic mass is 16.5. The second-order valence-electron chi connectivity index (χ2n) is 6.46. The summed E-state index contributed by atoms with van der Waals surface area (Å²) in [5.74, 6) is 0.260. The van der Waals surface area contributed by atoms with Gasteiger partial charge in [0, 0.05) is 18.0 Å². The summed E-state index contributed by atoms with van der Waals surface area (Å²) in [6.07, 6.45) is 5.13. The molecule has 1 aliphatic carbocycles. The van der Waals surface area contributed by atoms with Gasteiger partial charge in [0.1, 0.15) is 0 Å². The van der Waals surface area contributed by atoms with Gasteiger partial charge in [-0.05, 0) is 37.8 Å². The van der Waals surface area contributed by atoms with Crippen LogP contribution in [0.5, 0.6) is 0 Å².